The lowest BCUT2D eigenvalue weighted by molar-refractivity contribution is 0.103. The first-order chi connectivity index (χ1) is 18.2. The summed E-state index contributed by atoms with van der Waals surface area (Å²) in [5.41, 5.74) is 4.73. The molecule has 1 amide bonds. The number of thiophene rings is 1. The number of nitrogens with zero attached hydrogens (tertiary/aromatic N) is 1. The molecular weight excluding hydrogens is 542 g/mol. The number of halogens is 1. The lowest BCUT2D eigenvalue weighted by Crippen LogP contribution is -2.19. The van der Waals surface area contributed by atoms with Gasteiger partial charge in [-0.2, -0.15) is 0 Å². The monoisotopic (exact) mass is 567 g/mol. The topological polar surface area (TPSA) is 87.7 Å². The highest BCUT2D eigenvalue weighted by Crippen LogP contribution is 2.45. The van der Waals surface area contributed by atoms with E-state index in [1.54, 1.807) is 6.07 Å². The van der Waals surface area contributed by atoms with Gasteiger partial charge in [0, 0.05) is 46.0 Å². The van der Waals surface area contributed by atoms with E-state index in [4.69, 9.17) is 16.3 Å². The summed E-state index contributed by atoms with van der Waals surface area (Å²) >= 11 is 7.61. The average molecular weight is 568 g/mol. The maximum absolute atomic E-state index is 13.3. The SMILES string of the molecule is CN1CCc2sc(C(=O)Nc3cc(Cl)cc(NS(C)(=O)=O)c3)cc2-c2c(OCc3ccccc3)cccc21. The van der Waals surface area contributed by atoms with Crippen molar-refractivity contribution in [1.82, 2.24) is 0 Å². The van der Waals surface area contributed by atoms with Crippen LogP contribution in [0.25, 0.3) is 11.1 Å². The Morgan fingerprint density at radius 2 is 1.82 bits per heavy atom. The van der Waals surface area contributed by atoms with Crippen LogP contribution in [-0.4, -0.2) is 34.2 Å². The first-order valence-corrected chi connectivity index (χ1v) is 15.0. The maximum atomic E-state index is 13.3. The summed E-state index contributed by atoms with van der Waals surface area (Å²) in [5.74, 6) is 0.464. The van der Waals surface area contributed by atoms with E-state index in [-0.39, 0.29) is 11.6 Å². The predicted octanol–water partition coefficient (Wildman–Crippen LogP) is 6.26. The number of likely N-dealkylation sites (N-methyl/N-ethyl adjacent to an activating group) is 1. The van der Waals surface area contributed by atoms with Crippen LogP contribution in [-0.2, 0) is 23.1 Å². The molecule has 0 radical (unpaired) electrons. The van der Waals surface area contributed by atoms with Crippen LogP contribution in [0.2, 0.25) is 5.02 Å². The molecule has 10 heteroatoms. The Hall–Kier alpha value is -3.53. The fraction of sp³-hybridized carbons (Fsp3) is 0.179. The van der Waals surface area contributed by atoms with Crippen molar-refractivity contribution in [1.29, 1.82) is 0 Å². The zero-order chi connectivity index (χ0) is 26.9. The first-order valence-electron chi connectivity index (χ1n) is 11.9. The number of benzene rings is 3. The second-order valence-electron chi connectivity index (χ2n) is 9.10. The average Bonchev–Trinajstić information content (AvgIpc) is 3.23. The van der Waals surface area contributed by atoms with E-state index in [0.29, 0.717) is 22.2 Å². The number of hydrogen-bond acceptors (Lipinski definition) is 6. The van der Waals surface area contributed by atoms with Gasteiger partial charge in [-0.3, -0.25) is 9.52 Å². The standard InChI is InChI=1S/C28H26ClN3O4S2/c1-32-12-11-25-22(27-23(32)9-6-10-24(27)36-17-18-7-4-3-5-8-18)16-26(37-25)28(33)30-20-13-19(29)14-21(15-20)31-38(2,34)35/h3-10,13-16,31H,11-12,17H2,1-2H3,(H,30,33). The quantitative estimate of drug-likeness (QED) is 0.275. The zero-order valence-electron chi connectivity index (χ0n) is 20.8. The Labute approximate surface area is 231 Å². The van der Waals surface area contributed by atoms with Crippen LogP contribution >= 0.6 is 22.9 Å². The molecule has 0 bridgehead atoms. The van der Waals surface area contributed by atoms with Gasteiger partial charge in [-0.05, 0) is 48.4 Å². The molecule has 1 aliphatic heterocycles. The van der Waals surface area contributed by atoms with Crippen LogP contribution in [0.4, 0.5) is 17.1 Å². The van der Waals surface area contributed by atoms with Gasteiger partial charge in [0.25, 0.3) is 5.91 Å². The van der Waals surface area contributed by atoms with Crippen molar-refractivity contribution in [2.45, 2.75) is 13.0 Å². The number of carbonyl (C=O) groups excluding carboxylic acids is 1. The molecule has 4 aromatic rings. The fourth-order valence-corrected chi connectivity index (χ4v) is 6.25. The molecule has 0 saturated carbocycles. The van der Waals surface area contributed by atoms with Crippen LogP contribution in [0.1, 0.15) is 20.1 Å². The van der Waals surface area contributed by atoms with Gasteiger partial charge in [0.2, 0.25) is 10.0 Å². The molecule has 1 aromatic heterocycles. The molecule has 196 valence electrons. The van der Waals surface area contributed by atoms with Crippen LogP contribution in [0.5, 0.6) is 5.75 Å². The van der Waals surface area contributed by atoms with Crippen molar-refractivity contribution in [2.75, 3.05) is 34.8 Å². The Morgan fingerprint density at radius 1 is 1.05 bits per heavy atom. The number of amides is 1. The molecule has 1 aliphatic rings. The molecule has 0 fully saturated rings. The minimum Gasteiger partial charge on any atom is -0.488 e. The van der Waals surface area contributed by atoms with Crippen LogP contribution in [0.15, 0.2) is 72.8 Å². The molecule has 7 nitrogen and oxygen atoms in total. The highest BCUT2D eigenvalue weighted by atomic mass is 35.5. The number of anilines is 3. The third kappa shape index (κ3) is 5.96. The summed E-state index contributed by atoms with van der Waals surface area (Å²) in [7, 11) is -1.43. The van der Waals surface area contributed by atoms with Gasteiger partial charge < -0.3 is 15.0 Å². The summed E-state index contributed by atoms with van der Waals surface area (Å²) in [5, 5.41) is 3.15. The second kappa shape index (κ2) is 10.7. The first kappa shape index (κ1) is 26.1. The second-order valence-corrected chi connectivity index (χ2v) is 12.4. The fourth-order valence-electron chi connectivity index (χ4n) is 4.42. The minimum absolute atomic E-state index is 0.273. The summed E-state index contributed by atoms with van der Waals surface area (Å²) in [6.45, 7) is 1.24. The van der Waals surface area contributed by atoms with Crippen LogP contribution in [0, 0.1) is 0 Å². The molecule has 0 unspecified atom stereocenters. The van der Waals surface area contributed by atoms with Gasteiger partial charge in [-0.1, -0.05) is 48.0 Å². The highest BCUT2D eigenvalue weighted by Gasteiger charge is 2.25. The molecule has 0 aliphatic carbocycles. The van der Waals surface area contributed by atoms with E-state index < -0.39 is 10.0 Å². The summed E-state index contributed by atoms with van der Waals surface area (Å²) in [6.07, 6.45) is 1.84. The number of hydrogen-bond donors (Lipinski definition) is 2. The van der Waals surface area contributed by atoms with Gasteiger partial charge in [-0.25, -0.2) is 8.42 Å². The Morgan fingerprint density at radius 3 is 2.58 bits per heavy atom. The molecule has 3 aromatic carbocycles. The zero-order valence-corrected chi connectivity index (χ0v) is 23.2. The minimum atomic E-state index is -3.49. The summed E-state index contributed by atoms with van der Waals surface area (Å²) in [4.78, 5) is 17.1. The number of carbonyl (C=O) groups is 1. The molecule has 38 heavy (non-hydrogen) atoms. The van der Waals surface area contributed by atoms with Gasteiger partial charge in [-0.15, -0.1) is 11.3 Å². The van der Waals surface area contributed by atoms with Crippen molar-refractivity contribution in [3.8, 4) is 16.9 Å². The van der Waals surface area contributed by atoms with E-state index >= 15 is 0 Å². The number of nitrogens with one attached hydrogen (secondary N) is 2. The smallest absolute Gasteiger partial charge is 0.265 e. The number of ether oxygens (including phenoxy) is 1. The van der Waals surface area contributed by atoms with Crippen LogP contribution in [0.3, 0.4) is 0 Å². The number of rotatable bonds is 7. The lowest BCUT2D eigenvalue weighted by Gasteiger charge is -2.21. The Bertz CT molecular complexity index is 1600. The Kier molecular flexibility index (Phi) is 7.34. The van der Waals surface area contributed by atoms with E-state index in [1.807, 2.05) is 48.5 Å². The van der Waals surface area contributed by atoms with Crippen molar-refractivity contribution in [2.24, 2.45) is 0 Å². The molecule has 5 rings (SSSR count). The van der Waals surface area contributed by atoms with Gasteiger partial charge >= 0.3 is 0 Å². The molecule has 0 spiro atoms. The van der Waals surface area contributed by atoms with Crippen molar-refractivity contribution >= 4 is 55.9 Å². The summed E-state index contributed by atoms with van der Waals surface area (Å²) in [6, 6.07) is 22.5. The van der Waals surface area contributed by atoms with E-state index in [9.17, 15) is 13.2 Å². The predicted molar refractivity (Wildman–Crippen MR) is 155 cm³/mol. The largest absolute Gasteiger partial charge is 0.488 e. The normalized spacial score (nSPS) is 12.8. The Balaban J connectivity index is 1.45. The molecule has 2 heterocycles. The van der Waals surface area contributed by atoms with E-state index in [0.717, 1.165) is 52.2 Å². The van der Waals surface area contributed by atoms with Crippen molar-refractivity contribution in [3.05, 3.63) is 93.1 Å². The van der Waals surface area contributed by atoms with Gasteiger partial charge in [0.1, 0.15) is 12.4 Å². The maximum Gasteiger partial charge on any atom is 0.265 e. The lowest BCUT2D eigenvalue weighted by atomic mass is 10.0. The third-order valence-electron chi connectivity index (χ3n) is 6.09. The third-order valence-corrected chi connectivity index (χ3v) is 8.11. The number of fused-ring (bicyclic) bond motifs is 3. The van der Waals surface area contributed by atoms with Crippen molar-refractivity contribution in [3.63, 3.8) is 0 Å². The molecule has 0 saturated heterocycles. The van der Waals surface area contributed by atoms with Crippen LogP contribution < -0.4 is 19.7 Å². The van der Waals surface area contributed by atoms with Crippen molar-refractivity contribution < 1.29 is 17.9 Å². The van der Waals surface area contributed by atoms with E-state index in [2.05, 4.69) is 28.1 Å². The summed E-state index contributed by atoms with van der Waals surface area (Å²) < 4.78 is 31.9. The highest BCUT2D eigenvalue weighted by molar-refractivity contribution is 7.92. The molecular formula is C28H26ClN3O4S2. The van der Waals surface area contributed by atoms with E-state index in [1.165, 1.54) is 23.5 Å². The van der Waals surface area contributed by atoms with Gasteiger partial charge in [0.15, 0.2) is 0 Å². The molecule has 2 N–H and O–H groups in total. The number of sulfonamides is 1. The van der Waals surface area contributed by atoms with Gasteiger partial charge in [0.05, 0.1) is 16.8 Å². The molecule has 0 atom stereocenters.